The number of aromatic nitrogens is 3. The first-order valence-corrected chi connectivity index (χ1v) is 17.5. The Labute approximate surface area is 287 Å². The number of aryl methyl sites for hydroxylation is 1. The molecule has 48 heavy (non-hydrogen) atoms. The summed E-state index contributed by atoms with van der Waals surface area (Å²) in [6, 6.07) is 14.0. The fourth-order valence-corrected chi connectivity index (χ4v) is 7.03. The second kappa shape index (κ2) is 16.3. The number of methoxy groups -OCH3 is 1. The molecule has 0 spiro atoms. The molecule has 5 rings (SSSR count). The van der Waals surface area contributed by atoms with Gasteiger partial charge in [0.25, 0.3) is 0 Å². The van der Waals surface area contributed by atoms with E-state index in [-0.39, 0.29) is 29.8 Å². The van der Waals surface area contributed by atoms with Crippen molar-refractivity contribution in [2.75, 3.05) is 7.11 Å². The van der Waals surface area contributed by atoms with Crippen LogP contribution in [-0.2, 0) is 9.53 Å². The molecule has 3 aromatic rings. The topological polar surface area (TPSA) is 101 Å². The number of pyridine rings is 1. The van der Waals surface area contributed by atoms with Gasteiger partial charge in [0.05, 0.1) is 41.9 Å². The highest BCUT2D eigenvalue weighted by molar-refractivity contribution is 6.19. The van der Waals surface area contributed by atoms with Crippen LogP contribution < -0.4 is 0 Å². The molecular formula is C41H54N4O3. The molecule has 256 valence electrons. The van der Waals surface area contributed by atoms with Gasteiger partial charge in [-0.25, -0.2) is 4.68 Å². The zero-order chi connectivity index (χ0) is 35.1. The number of aliphatic hydroxyl groups is 1. The van der Waals surface area contributed by atoms with Gasteiger partial charge in [-0.3, -0.25) is 9.78 Å². The van der Waals surface area contributed by atoms with E-state index >= 15 is 0 Å². The van der Waals surface area contributed by atoms with E-state index in [0.717, 1.165) is 70.9 Å². The standard InChI is InChI=1S/C32H42N4O2.C9H12O/c1-18(2)16-26-25(10-9-11-27(26)33)31-30(19(3)4)22(7)36(35-31)29-15-14-28(34-21(29)6)23-12-13-24(20(5)17-23)32(37)38-8;1-2-9(10)8-6-4-3-5-7-8/h9-11,14-16,18-20,23-24,33H,12-13,17H2,1-8H3;3-7,9-10H,2H2,1H3/b26-16-,33-27?;/t20-,23?,24?;/m1./s1. The number of benzene rings is 1. The van der Waals surface area contributed by atoms with Crippen LogP contribution in [0.25, 0.3) is 11.3 Å². The second-order valence-corrected chi connectivity index (χ2v) is 13.9. The van der Waals surface area contributed by atoms with Crippen LogP contribution in [0, 0.1) is 37.0 Å². The Morgan fingerprint density at radius 1 is 1.10 bits per heavy atom. The van der Waals surface area contributed by atoms with Crippen LogP contribution in [0.3, 0.4) is 0 Å². The third kappa shape index (κ3) is 8.30. The largest absolute Gasteiger partial charge is 0.469 e. The normalized spacial score (nSPS) is 20.8. The van der Waals surface area contributed by atoms with Crippen molar-refractivity contribution < 1.29 is 14.6 Å². The van der Waals surface area contributed by atoms with E-state index in [4.69, 9.17) is 20.2 Å². The van der Waals surface area contributed by atoms with Gasteiger partial charge >= 0.3 is 5.97 Å². The molecule has 7 heteroatoms. The van der Waals surface area contributed by atoms with Crippen LogP contribution >= 0.6 is 0 Å². The first-order chi connectivity index (χ1) is 22.9. The van der Waals surface area contributed by atoms with Gasteiger partial charge in [0, 0.05) is 34.0 Å². The lowest BCUT2D eigenvalue weighted by Crippen LogP contribution is -2.29. The SMILES string of the molecule is CCC(O)c1ccccc1.COC(=O)C1CCC(c2ccc(-n3nc(C4=CC=CC(=N)/C4=C\C(C)C)c(C(C)C)c3C)c(C)n2)C[C@H]1C. The van der Waals surface area contributed by atoms with Crippen molar-refractivity contribution in [2.24, 2.45) is 17.8 Å². The number of nitrogens with one attached hydrogen (secondary N) is 1. The molecule has 1 fully saturated rings. The maximum absolute atomic E-state index is 12.1. The van der Waals surface area contributed by atoms with Gasteiger partial charge in [0.2, 0.25) is 0 Å². The molecule has 1 aromatic carbocycles. The molecule has 2 N–H and O–H groups in total. The molecular weight excluding hydrogens is 596 g/mol. The molecule has 0 radical (unpaired) electrons. The number of carbonyl (C=O) groups is 1. The molecule has 0 amide bonds. The number of hydrogen-bond donors (Lipinski definition) is 2. The summed E-state index contributed by atoms with van der Waals surface area (Å²) in [5.41, 5.74) is 9.74. The Morgan fingerprint density at radius 3 is 2.40 bits per heavy atom. The third-order valence-corrected chi connectivity index (χ3v) is 9.57. The van der Waals surface area contributed by atoms with Crippen LogP contribution in [0.5, 0.6) is 0 Å². The lowest BCUT2D eigenvalue weighted by Gasteiger charge is -2.32. The summed E-state index contributed by atoms with van der Waals surface area (Å²) in [6.45, 7) is 17.0. The van der Waals surface area contributed by atoms with E-state index in [1.54, 1.807) is 0 Å². The summed E-state index contributed by atoms with van der Waals surface area (Å²) in [7, 11) is 1.48. The van der Waals surface area contributed by atoms with Crippen molar-refractivity contribution in [3.8, 4) is 5.69 Å². The van der Waals surface area contributed by atoms with Crippen LogP contribution in [-0.4, -0.2) is 38.7 Å². The average molecular weight is 651 g/mol. The Morgan fingerprint density at radius 2 is 1.81 bits per heavy atom. The highest BCUT2D eigenvalue weighted by Gasteiger charge is 2.34. The van der Waals surface area contributed by atoms with E-state index in [1.165, 1.54) is 12.7 Å². The number of aliphatic hydroxyl groups excluding tert-OH is 1. The first kappa shape index (κ1) is 36.7. The number of nitrogens with zero attached hydrogens (tertiary/aromatic N) is 3. The lowest BCUT2D eigenvalue weighted by atomic mass is 9.73. The molecule has 2 aromatic heterocycles. The molecule has 2 heterocycles. The van der Waals surface area contributed by atoms with Crippen molar-refractivity contribution in [3.63, 3.8) is 0 Å². The smallest absolute Gasteiger partial charge is 0.308 e. The van der Waals surface area contributed by atoms with E-state index in [2.05, 4.69) is 72.8 Å². The molecule has 0 bridgehead atoms. The number of ether oxygens (including phenoxy) is 1. The summed E-state index contributed by atoms with van der Waals surface area (Å²) < 4.78 is 7.04. The summed E-state index contributed by atoms with van der Waals surface area (Å²) in [5.74, 6) is 1.11. The minimum Gasteiger partial charge on any atom is -0.469 e. The predicted octanol–water partition coefficient (Wildman–Crippen LogP) is 9.39. The van der Waals surface area contributed by atoms with Crippen molar-refractivity contribution in [1.82, 2.24) is 14.8 Å². The van der Waals surface area contributed by atoms with Crippen LogP contribution in [0.2, 0.25) is 0 Å². The van der Waals surface area contributed by atoms with Gasteiger partial charge in [-0.15, -0.1) is 0 Å². The van der Waals surface area contributed by atoms with Gasteiger partial charge in [-0.05, 0) is 81.1 Å². The fraction of sp³-hybridized carbons (Fsp3) is 0.463. The van der Waals surface area contributed by atoms with E-state index in [1.807, 2.05) is 54.1 Å². The predicted molar refractivity (Wildman–Crippen MR) is 196 cm³/mol. The van der Waals surface area contributed by atoms with E-state index in [0.29, 0.717) is 17.5 Å². The fourth-order valence-electron chi connectivity index (χ4n) is 7.03. The zero-order valence-corrected chi connectivity index (χ0v) is 30.2. The number of esters is 1. The lowest BCUT2D eigenvalue weighted by molar-refractivity contribution is -0.148. The van der Waals surface area contributed by atoms with Crippen LogP contribution in [0.15, 0.2) is 72.3 Å². The highest BCUT2D eigenvalue weighted by atomic mass is 16.5. The molecule has 7 nitrogen and oxygen atoms in total. The summed E-state index contributed by atoms with van der Waals surface area (Å²) in [6.07, 6.45) is 11.3. The first-order valence-electron chi connectivity index (χ1n) is 17.5. The molecule has 0 saturated heterocycles. The summed E-state index contributed by atoms with van der Waals surface area (Å²) >= 11 is 0. The third-order valence-electron chi connectivity index (χ3n) is 9.57. The number of allylic oxidation sites excluding steroid dienone is 6. The Balaban J connectivity index is 0.000000445. The Hall–Kier alpha value is -4.10. The summed E-state index contributed by atoms with van der Waals surface area (Å²) in [5, 5.41) is 23.1. The Kier molecular flexibility index (Phi) is 12.5. The second-order valence-electron chi connectivity index (χ2n) is 13.9. The van der Waals surface area contributed by atoms with Crippen molar-refractivity contribution in [1.29, 1.82) is 5.41 Å². The van der Waals surface area contributed by atoms with Crippen molar-refractivity contribution in [2.45, 2.75) is 99.0 Å². The maximum atomic E-state index is 12.1. The zero-order valence-electron chi connectivity index (χ0n) is 30.2. The number of rotatable bonds is 8. The highest BCUT2D eigenvalue weighted by Crippen LogP contribution is 2.40. The van der Waals surface area contributed by atoms with Gasteiger partial charge in [-0.2, -0.15) is 5.10 Å². The van der Waals surface area contributed by atoms with Crippen LogP contribution in [0.4, 0.5) is 0 Å². The molecule has 3 unspecified atom stereocenters. The maximum Gasteiger partial charge on any atom is 0.308 e. The number of hydrogen-bond acceptors (Lipinski definition) is 6. The molecule has 4 atom stereocenters. The van der Waals surface area contributed by atoms with Gasteiger partial charge in [0.1, 0.15) is 0 Å². The molecule has 2 aliphatic rings. The quantitative estimate of drug-likeness (QED) is 0.237. The minimum absolute atomic E-state index is 0.0173. The Bertz CT molecular complexity index is 1680. The molecule has 0 aliphatic heterocycles. The van der Waals surface area contributed by atoms with Gasteiger partial charge in [0.15, 0.2) is 0 Å². The van der Waals surface area contributed by atoms with E-state index in [9.17, 15) is 9.90 Å². The van der Waals surface area contributed by atoms with Crippen molar-refractivity contribution in [3.05, 3.63) is 106 Å². The number of carbonyl (C=O) groups excluding carboxylic acids is 1. The van der Waals surface area contributed by atoms with Crippen molar-refractivity contribution >= 4 is 17.3 Å². The molecule has 1 saturated carbocycles. The molecule has 2 aliphatic carbocycles. The van der Waals surface area contributed by atoms with Gasteiger partial charge in [-0.1, -0.05) is 90.1 Å². The van der Waals surface area contributed by atoms with Crippen LogP contribution in [0.1, 0.15) is 119 Å². The average Bonchev–Trinajstić information content (AvgIpc) is 3.41. The monoisotopic (exact) mass is 650 g/mol. The summed E-state index contributed by atoms with van der Waals surface area (Å²) in [4.78, 5) is 17.2. The van der Waals surface area contributed by atoms with Gasteiger partial charge < -0.3 is 15.3 Å². The minimum atomic E-state index is -0.291. The van der Waals surface area contributed by atoms with E-state index < -0.39 is 0 Å².